The summed E-state index contributed by atoms with van der Waals surface area (Å²) in [6.45, 7) is 1.68. The number of hydrogen-bond acceptors (Lipinski definition) is 4. The first-order valence-corrected chi connectivity index (χ1v) is 6.56. The molecule has 0 aliphatic carbocycles. The molecule has 0 amide bonds. The van der Waals surface area contributed by atoms with Crippen molar-refractivity contribution in [3.05, 3.63) is 48.0 Å². The van der Waals surface area contributed by atoms with Gasteiger partial charge in [0.25, 0.3) is 0 Å². The second-order valence-electron chi connectivity index (χ2n) is 5.11. The van der Waals surface area contributed by atoms with Gasteiger partial charge in [-0.3, -0.25) is 4.90 Å². The minimum Gasteiger partial charge on any atom is -0.439 e. The number of fused-ring (bicyclic) bond motifs is 2. The third-order valence-corrected chi connectivity index (χ3v) is 3.58. The van der Waals surface area contributed by atoms with Crippen molar-refractivity contribution >= 4 is 10.9 Å². The van der Waals surface area contributed by atoms with Crippen LogP contribution in [0.15, 0.2) is 36.8 Å². The molecule has 3 heterocycles. The first-order valence-electron chi connectivity index (χ1n) is 6.56. The summed E-state index contributed by atoms with van der Waals surface area (Å²) in [6, 6.07) is 8.00. The molecule has 1 aliphatic heterocycles. The Morgan fingerprint density at radius 2 is 2.15 bits per heavy atom. The average Bonchev–Trinajstić information content (AvgIpc) is 3.04. The molecule has 0 saturated heterocycles. The minimum absolute atomic E-state index is 0.661. The van der Waals surface area contributed by atoms with E-state index in [0.717, 1.165) is 41.0 Å². The van der Waals surface area contributed by atoms with E-state index in [0.29, 0.717) is 5.88 Å². The fourth-order valence-corrected chi connectivity index (χ4v) is 2.60. The predicted octanol–water partition coefficient (Wildman–Crippen LogP) is 2.70. The van der Waals surface area contributed by atoms with Gasteiger partial charge in [-0.15, -0.1) is 0 Å². The van der Waals surface area contributed by atoms with Crippen LogP contribution in [0.5, 0.6) is 11.6 Å². The Bertz CT molecular complexity index is 780. The van der Waals surface area contributed by atoms with E-state index in [1.54, 1.807) is 6.33 Å². The van der Waals surface area contributed by atoms with Crippen LogP contribution in [0.1, 0.15) is 11.3 Å². The molecule has 2 aromatic heterocycles. The van der Waals surface area contributed by atoms with E-state index in [1.807, 2.05) is 30.5 Å². The molecule has 0 radical (unpaired) electrons. The molecule has 20 heavy (non-hydrogen) atoms. The lowest BCUT2D eigenvalue weighted by molar-refractivity contribution is 0.347. The topological polar surface area (TPSA) is 54.0 Å². The van der Waals surface area contributed by atoms with Crippen molar-refractivity contribution in [3.8, 4) is 11.6 Å². The van der Waals surface area contributed by atoms with Crippen LogP contribution in [0.25, 0.3) is 10.9 Å². The van der Waals surface area contributed by atoms with Gasteiger partial charge in [-0.2, -0.15) is 0 Å². The minimum atomic E-state index is 0.661. The summed E-state index contributed by atoms with van der Waals surface area (Å²) < 4.78 is 5.96. The first-order chi connectivity index (χ1) is 9.79. The number of nitrogens with zero attached hydrogens (tertiary/aromatic N) is 3. The van der Waals surface area contributed by atoms with E-state index in [-0.39, 0.29) is 0 Å². The summed E-state index contributed by atoms with van der Waals surface area (Å²) in [5.41, 5.74) is 3.24. The summed E-state index contributed by atoms with van der Waals surface area (Å²) >= 11 is 0. The number of nitrogens with one attached hydrogen (secondary N) is 1. The Labute approximate surface area is 116 Å². The zero-order chi connectivity index (χ0) is 13.5. The molecule has 0 saturated carbocycles. The number of ether oxygens (including phenoxy) is 1. The summed E-state index contributed by atoms with van der Waals surface area (Å²) in [6.07, 6.45) is 3.49. The fourth-order valence-electron chi connectivity index (χ4n) is 2.60. The molecule has 0 unspecified atom stereocenters. The van der Waals surface area contributed by atoms with Crippen LogP contribution in [0, 0.1) is 0 Å². The molecule has 0 atom stereocenters. The highest BCUT2D eigenvalue weighted by Gasteiger charge is 2.22. The highest BCUT2D eigenvalue weighted by atomic mass is 16.5. The standard InChI is InChI=1S/C15H14N4O/c1-19-7-12-14(8-19)17-9-18-15(12)20-11-2-3-13-10(6-11)4-5-16-13/h2-6,9,16H,7-8H2,1H3. The molecule has 1 aliphatic rings. The van der Waals surface area contributed by atoms with Gasteiger partial charge in [0, 0.05) is 30.2 Å². The number of rotatable bonds is 2. The summed E-state index contributed by atoms with van der Waals surface area (Å²) in [7, 11) is 2.07. The number of aromatic nitrogens is 3. The van der Waals surface area contributed by atoms with Gasteiger partial charge in [-0.25, -0.2) is 9.97 Å². The summed E-state index contributed by atoms with van der Waals surface area (Å²) in [4.78, 5) is 14.0. The van der Waals surface area contributed by atoms with Crippen LogP contribution >= 0.6 is 0 Å². The zero-order valence-corrected chi connectivity index (χ0v) is 11.1. The normalized spacial score (nSPS) is 14.7. The molecule has 5 nitrogen and oxygen atoms in total. The van der Waals surface area contributed by atoms with E-state index < -0.39 is 0 Å². The molecule has 0 spiro atoms. The van der Waals surface area contributed by atoms with Gasteiger partial charge in [-0.05, 0) is 31.3 Å². The molecular weight excluding hydrogens is 252 g/mol. The Hall–Kier alpha value is -2.40. The lowest BCUT2D eigenvalue weighted by Crippen LogP contribution is -2.07. The molecule has 1 N–H and O–H groups in total. The smallest absolute Gasteiger partial charge is 0.227 e. The molecular formula is C15H14N4O. The highest BCUT2D eigenvalue weighted by Crippen LogP contribution is 2.30. The second kappa shape index (κ2) is 4.31. The monoisotopic (exact) mass is 266 g/mol. The lowest BCUT2D eigenvalue weighted by atomic mass is 10.2. The summed E-state index contributed by atoms with van der Waals surface area (Å²) in [5, 5.41) is 1.13. The van der Waals surface area contributed by atoms with E-state index in [4.69, 9.17) is 4.74 Å². The predicted molar refractivity (Wildman–Crippen MR) is 75.6 cm³/mol. The van der Waals surface area contributed by atoms with Crippen molar-refractivity contribution < 1.29 is 4.74 Å². The van der Waals surface area contributed by atoms with Gasteiger partial charge in [0.1, 0.15) is 12.1 Å². The molecule has 4 rings (SSSR count). The maximum absolute atomic E-state index is 5.96. The van der Waals surface area contributed by atoms with Crippen LogP contribution in [-0.2, 0) is 13.1 Å². The number of H-pyrrole nitrogens is 1. The Morgan fingerprint density at radius 1 is 1.20 bits per heavy atom. The third-order valence-electron chi connectivity index (χ3n) is 3.58. The Morgan fingerprint density at radius 3 is 3.10 bits per heavy atom. The van der Waals surface area contributed by atoms with Crippen LogP contribution in [-0.4, -0.2) is 26.9 Å². The van der Waals surface area contributed by atoms with E-state index >= 15 is 0 Å². The van der Waals surface area contributed by atoms with E-state index in [1.165, 1.54) is 0 Å². The number of hydrogen-bond donors (Lipinski definition) is 1. The second-order valence-corrected chi connectivity index (χ2v) is 5.11. The molecule has 1 aromatic carbocycles. The van der Waals surface area contributed by atoms with Crippen molar-refractivity contribution in [1.29, 1.82) is 0 Å². The number of benzene rings is 1. The Kier molecular flexibility index (Phi) is 2.47. The van der Waals surface area contributed by atoms with Gasteiger partial charge >= 0.3 is 0 Å². The molecule has 5 heteroatoms. The van der Waals surface area contributed by atoms with Gasteiger partial charge in [0.05, 0.1) is 11.3 Å². The maximum atomic E-state index is 5.96. The van der Waals surface area contributed by atoms with Crippen molar-refractivity contribution in [2.75, 3.05) is 7.05 Å². The van der Waals surface area contributed by atoms with Crippen molar-refractivity contribution in [3.63, 3.8) is 0 Å². The molecule has 0 fully saturated rings. The SMILES string of the molecule is CN1Cc2ncnc(Oc3ccc4[nH]ccc4c3)c2C1. The average molecular weight is 266 g/mol. The largest absolute Gasteiger partial charge is 0.439 e. The molecule has 0 bridgehead atoms. The quantitative estimate of drug-likeness (QED) is 0.775. The zero-order valence-electron chi connectivity index (χ0n) is 11.1. The van der Waals surface area contributed by atoms with Crippen LogP contribution in [0.2, 0.25) is 0 Å². The van der Waals surface area contributed by atoms with E-state index in [9.17, 15) is 0 Å². The van der Waals surface area contributed by atoms with Gasteiger partial charge in [-0.1, -0.05) is 0 Å². The van der Waals surface area contributed by atoms with Gasteiger partial charge < -0.3 is 9.72 Å². The summed E-state index contributed by atoms with van der Waals surface area (Å²) in [5.74, 6) is 1.46. The van der Waals surface area contributed by atoms with Crippen molar-refractivity contribution in [1.82, 2.24) is 19.9 Å². The first kappa shape index (κ1) is 11.4. The lowest BCUT2D eigenvalue weighted by Gasteiger charge is -2.08. The van der Waals surface area contributed by atoms with Gasteiger partial charge in [0.2, 0.25) is 5.88 Å². The van der Waals surface area contributed by atoms with Crippen LogP contribution in [0.4, 0.5) is 0 Å². The third kappa shape index (κ3) is 1.83. The number of aromatic amines is 1. The van der Waals surface area contributed by atoms with Crippen LogP contribution in [0.3, 0.4) is 0 Å². The van der Waals surface area contributed by atoms with E-state index in [2.05, 4.69) is 26.9 Å². The van der Waals surface area contributed by atoms with Crippen LogP contribution < -0.4 is 4.74 Å². The maximum Gasteiger partial charge on any atom is 0.227 e. The van der Waals surface area contributed by atoms with Gasteiger partial charge in [0.15, 0.2) is 0 Å². The highest BCUT2D eigenvalue weighted by molar-refractivity contribution is 5.80. The molecule has 3 aromatic rings. The van der Waals surface area contributed by atoms with Crippen molar-refractivity contribution in [2.45, 2.75) is 13.1 Å². The Balaban J connectivity index is 1.71. The fraction of sp³-hybridized carbons (Fsp3) is 0.200. The molecule has 100 valence electrons. The van der Waals surface area contributed by atoms with Crippen molar-refractivity contribution in [2.24, 2.45) is 0 Å².